The van der Waals surface area contributed by atoms with Gasteiger partial charge in [0, 0.05) is 19.3 Å². The monoisotopic (exact) mass is 219 g/mol. The number of aromatic nitrogens is 1. The van der Waals surface area contributed by atoms with E-state index in [0.717, 1.165) is 18.2 Å². The molecule has 16 heavy (non-hydrogen) atoms. The van der Waals surface area contributed by atoms with E-state index < -0.39 is 0 Å². The van der Waals surface area contributed by atoms with Crippen molar-refractivity contribution in [3.8, 4) is 0 Å². The minimum atomic E-state index is 0.604. The fourth-order valence-corrected chi connectivity index (χ4v) is 2.04. The quantitative estimate of drug-likeness (QED) is 0.821. The number of nitrogens with two attached hydrogens (primary N) is 1. The highest BCUT2D eigenvalue weighted by Gasteiger charge is 2.30. The molecule has 1 aliphatic rings. The van der Waals surface area contributed by atoms with Crippen LogP contribution in [0.15, 0.2) is 18.3 Å². The van der Waals surface area contributed by atoms with Crippen LogP contribution in [0.25, 0.3) is 0 Å². The Kier molecular flexibility index (Phi) is 3.44. The number of anilines is 1. The maximum absolute atomic E-state index is 5.52. The number of hydrogen-bond acceptors (Lipinski definition) is 3. The van der Waals surface area contributed by atoms with Crippen LogP contribution in [0, 0.1) is 5.92 Å². The van der Waals surface area contributed by atoms with Crippen molar-refractivity contribution in [2.24, 2.45) is 11.7 Å². The van der Waals surface area contributed by atoms with Crippen LogP contribution in [-0.2, 0) is 6.42 Å². The molecular weight excluding hydrogens is 198 g/mol. The van der Waals surface area contributed by atoms with Crippen LogP contribution in [0.5, 0.6) is 0 Å². The third kappa shape index (κ3) is 2.53. The summed E-state index contributed by atoms with van der Waals surface area (Å²) in [5.74, 6) is 1.94. The first-order chi connectivity index (χ1) is 7.72. The van der Waals surface area contributed by atoms with Gasteiger partial charge < -0.3 is 10.6 Å². The molecule has 3 heteroatoms. The molecule has 1 aromatic heterocycles. The van der Waals surface area contributed by atoms with Gasteiger partial charge in [-0.1, -0.05) is 6.07 Å². The molecule has 0 aromatic carbocycles. The van der Waals surface area contributed by atoms with Gasteiger partial charge in [-0.15, -0.1) is 0 Å². The highest BCUT2D eigenvalue weighted by atomic mass is 15.2. The minimum absolute atomic E-state index is 0.604. The second-order valence-corrected chi connectivity index (χ2v) is 4.75. The van der Waals surface area contributed by atoms with Crippen LogP contribution in [0.2, 0.25) is 0 Å². The molecule has 88 valence electrons. The van der Waals surface area contributed by atoms with Crippen LogP contribution >= 0.6 is 0 Å². The summed E-state index contributed by atoms with van der Waals surface area (Å²) in [6, 6.07) is 4.84. The third-order valence-electron chi connectivity index (χ3n) is 3.52. The van der Waals surface area contributed by atoms with Crippen molar-refractivity contribution >= 4 is 5.82 Å². The molecule has 2 rings (SSSR count). The standard InChI is InChI=1S/C13H21N3/c1-10(12-4-5-12)16(2)13-6-3-11(7-8-14)9-15-13/h3,6,9-10,12H,4-5,7-8,14H2,1-2H3. The van der Waals surface area contributed by atoms with Gasteiger partial charge in [0.25, 0.3) is 0 Å². The van der Waals surface area contributed by atoms with E-state index in [1.165, 1.54) is 18.4 Å². The summed E-state index contributed by atoms with van der Waals surface area (Å²) < 4.78 is 0. The highest BCUT2D eigenvalue weighted by molar-refractivity contribution is 5.40. The van der Waals surface area contributed by atoms with Crippen LogP contribution < -0.4 is 10.6 Å². The zero-order chi connectivity index (χ0) is 11.5. The average Bonchev–Trinajstić information content (AvgIpc) is 3.12. The second kappa shape index (κ2) is 4.83. The van der Waals surface area contributed by atoms with Crippen molar-refractivity contribution in [1.82, 2.24) is 4.98 Å². The van der Waals surface area contributed by atoms with E-state index in [1.54, 1.807) is 0 Å². The number of pyridine rings is 1. The first-order valence-corrected chi connectivity index (χ1v) is 6.10. The van der Waals surface area contributed by atoms with E-state index in [-0.39, 0.29) is 0 Å². The van der Waals surface area contributed by atoms with Crippen LogP contribution in [0.1, 0.15) is 25.3 Å². The van der Waals surface area contributed by atoms with Crippen molar-refractivity contribution in [3.63, 3.8) is 0 Å². The van der Waals surface area contributed by atoms with Gasteiger partial charge in [0.05, 0.1) is 0 Å². The predicted molar refractivity (Wildman–Crippen MR) is 67.6 cm³/mol. The van der Waals surface area contributed by atoms with E-state index >= 15 is 0 Å². The Morgan fingerprint density at radius 1 is 1.50 bits per heavy atom. The Morgan fingerprint density at radius 3 is 2.75 bits per heavy atom. The summed E-state index contributed by atoms with van der Waals surface area (Å²) in [7, 11) is 2.13. The highest BCUT2D eigenvalue weighted by Crippen LogP contribution is 2.35. The lowest BCUT2D eigenvalue weighted by molar-refractivity contribution is 0.604. The number of nitrogens with zero attached hydrogens (tertiary/aromatic N) is 2. The third-order valence-corrected chi connectivity index (χ3v) is 3.52. The molecule has 1 fully saturated rings. The number of hydrogen-bond donors (Lipinski definition) is 1. The first-order valence-electron chi connectivity index (χ1n) is 6.10. The molecule has 0 amide bonds. The molecule has 1 unspecified atom stereocenters. The predicted octanol–water partition coefficient (Wildman–Crippen LogP) is 1.82. The Hall–Kier alpha value is -1.09. The smallest absolute Gasteiger partial charge is 0.128 e. The molecule has 2 N–H and O–H groups in total. The topological polar surface area (TPSA) is 42.1 Å². The fraction of sp³-hybridized carbons (Fsp3) is 0.615. The van der Waals surface area contributed by atoms with Crippen molar-refractivity contribution in [2.45, 2.75) is 32.2 Å². The normalized spacial score (nSPS) is 17.2. The van der Waals surface area contributed by atoms with Crippen molar-refractivity contribution in [1.29, 1.82) is 0 Å². The Bertz CT molecular complexity index is 330. The maximum atomic E-state index is 5.52. The molecule has 0 aliphatic heterocycles. The molecular formula is C13H21N3. The van der Waals surface area contributed by atoms with Gasteiger partial charge in [0.1, 0.15) is 5.82 Å². The summed E-state index contributed by atoms with van der Waals surface area (Å²) in [4.78, 5) is 6.78. The van der Waals surface area contributed by atoms with E-state index in [2.05, 4.69) is 36.0 Å². The molecule has 1 heterocycles. The zero-order valence-electron chi connectivity index (χ0n) is 10.2. The summed E-state index contributed by atoms with van der Waals surface area (Å²) in [6.07, 6.45) is 5.60. The van der Waals surface area contributed by atoms with E-state index in [4.69, 9.17) is 5.73 Å². The van der Waals surface area contributed by atoms with Gasteiger partial charge in [-0.3, -0.25) is 0 Å². The lowest BCUT2D eigenvalue weighted by Crippen LogP contribution is -2.31. The largest absolute Gasteiger partial charge is 0.357 e. The zero-order valence-corrected chi connectivity index (χ0v) is 10.2. The molecule has 0 saturated heterocycles. The SMILES string of the molecule is CC(C1CC1)N(C)c1ccc(CCN)cn1. The lowest BCUT2D eigenvalue weighted by Gasteiger charge is -2.25. The molecule has 0 bridgehead atoms. The molecule has 1 atom stereocenters. The minimum Gasteiger partial charge on any atom is -0.357 e. The first kappa shape index (κ1) is 11.4. The van der Waals surface area contributed by atoms with E-state index in [0.29, 0.717) is 12.6 Å². The number of rotatable bonds is 5. The Labute approximate surface area is 97.7 Å². The molecule has 0 spiro atoms. The van der Waals surface area contributed by atoms with Gasteiger partial charge in [0.2, 0.25) is 0 Å². The van der Waals surface area contributed by atoms with Crippen molar-refractivity contribution in [3.05, 3.63) is 23.9 Å². The maximum Gasteiger partial charge on any atom is 0.128 e. The van der Waals surface area contributed by atoms with Crippen LogP contribution in [0.3, 0.4) is 0 Å². The summed E-state index contributed by atoms with van der Waals surface area (Å²) in [6.45, 7) is 2.97. The van der Waals surface area contributed by atoms with Gasteiger partial charge >= 0.3 is 0 Å². The molecule has 3 nitrogen and oxygen atoms in total. The summed E-state index contributed by atoms with van der Waals surface area (Å²) in [5.41, 5.74) is 6.74. The van der Waals surface area contributed by atoms with Crippen molar-refractivity contribution in [2.75, 3.05) is 18.5 Å². The molecule has 0 radical (unpaired) electrons. The summed E-state index contributed by atoms with van der Waals surface area (Å²) in [5, 5.41) is 0. The molecule has 1 aliphatic carbocycles. The van der Waals surface area contributed by atoms with Gasteiger partial charge in [-0.05, 0) is 50.3 Å². The van der Waals surface area contributed by atoms with Crippen molar-refractivity contribution < 1.29 is 0 Å². The van der Waals surface area contributed by atoms with Gasteiger partial charge in [0.15, 0.2) is 0 Å². The summed E-state index contributed by atoms with van der Waals surface area (Å²) >= 11 is 0. The van der Waals surface area contributed by atoms with Crippen LogP contribution in [-0.4, -0.2) is 24.6 Å². The Morgan fingerprint density at radius 2 is 2.25 bits per heavy atom. The van der Waals surface area contributed by atoms with Crippen LogP contribution in [0.4, 0.5) is 5.82 Å². The lowest BCUT2D eigenvalue weighted by atomic mass is 10.2. The molecule has 1 saturated carbocycles. The van der Waals surface area contributed by atoms with E-state index in [9.17, 15) is 0 Å². The second-order valence-electron chi connectivity index (χ2n) is 4.75. The van der Waals surface area contributed by atoms with E-state index in [1.807, 2.05) is 6.20 Å². The average molecular weight is 219 g/mol. The van der Waals surface area contributed by atoms with Gasteiger partial charge in [-0.25, -0.2) is 4.98 Å². The Balaban J connectivity index is 2.02. The van der Waals surface area contributed by atoms with Gasteiger partial charge in [-0.2, -0.15) is 0 Å². The fourth-order valence-electron chi connectivity index (χ4n) is 2.04. The molecule has 1 aromatic rings.